The zero-order valence-corrected chi connectivity index (χ0v) is 13.0. The van der Waals surface area contributed by atoms with E-state index >= 15 is 0 Å². The number of ether oxygens (including phenoxy) is 2. The monoisotopic (exact) mass is 282 g/mol. The minimum absolute atomic E-state index is 0.614. The van der Waals surface area contributed by atoms with E-state index in [-0.39, 0.29) is 0 Å². The quantitative estimate of drug-likeness (QED) is 0.640. The van der Waals surface area contributed by atoms with Gasteiger partial charge in [-0.3, -0.25) is 0 Å². The Morgan fingerprint density at radius 1 is 0.950 bits per heavy atom. The van der Waals surface area contributed by atoms with Crippen LogP contribution >= 0.6 is 0 Å². The van der Waals surface area contributed by atoms with Gasteiger partial charge in [0.15, 0.2) is 0 Å². The summed E-state index contributed by atoms with van der Waals surface area (Å²) in [4.78, 5) is 8.86. The molecule has 2 N–H and O–H groups in total. The second-order valence-corrected chi connectivity index (χ2v) is 4.55. The van der Waals surface area contributed by atoms with Gasteiger partial charge < -0.3 is 20.1 Å². The average Bonchev–Trinajstić information content (AvgIpc) is 2.44. The van der Waals surface area contributed by atoms with E-state index in [4.69, 9.17) is 9.47 Å². The molecule has 1 aromatic rings. The van der Waals surface area contributed by atoms with E-state index in [1.807, 2.05) is 13.8 Å². The van der Waals surface area contributed by atoms with Crippen molar-refractivity contribution in [2.24, 2.45) is 0 Å². The summed E-state index contributed by atoms with van der Waals surface area (Å²) in [6.07, 6.45) is 1.07. The molecule has 20 heavy (non-hydrogen) atoms. The number of aryl methyl sites for hydroxylation is 1. The molecule has 0 radical (unpaired) electrons. The molecule has 0 bridgehead atoms. The number of nitrogens with zero attached hydrogens (tertiary/aromatic N) is 2. The minimum Gasteiger partial charge on any atom is -0.382 e. The first-order chi connectivity index (χ1) is 9.69. The summed E-state index contributed by atoms with van der Waals surface area (Å²) in [7, 11) is 1.67. The van der Waals surface area contributed by atoms with Gasteiger partial charge in [-0.05, 0) is 20.3 Å². The highest BCUT2D eigenvalue weighted by molar-refractivity contribution is 5.57. The third kappa shape index (κ3) is 5.71. The highest BCUT2D eigenvalue weighted by Crippen LogP contribution is 2.19. The maximum absolute atomic E-state index is 5.41. The molecule has 0 atom stereocenters. The van der Waals surface area contributed by atoms with E-state index < -0.39 is 0 Å². The maximum Gasteiger partial charge on any atom is 0.134 e. The molecule has 0 saturated carbocycles. The fraction of sp³-hybridized carbons (Fsp3) is 0.714. The fourth-order valence-electron chi connectivity index (χ4n) is 1.70. The van der Waals surface area contributed by atoms with Crippen LogP contribution in [0, 0.1) is 13.8 Å². The number of methoxy groups -OCH3 is 1. The first kappa shape index (κ1) is 16.7. The van der Waals surface area contributed by atoms with Crippen LogP contribution < -0.4 is 10.6 Å². The Balaban J connectivity index is 2.49. The first-order valence-corrected chi connectivity index (χ1v) is 7.08. The molecule has 6 heteroatoms. The van der Waals surface area contributed by atoms with E-state index in [1.54, 1.807) is 7.11 Å². The van der Waals surface area contributed by atoms with Crippen LogP contribution in [-0.2, 0) is 9.47 Å². The van der Waals surface area contributed by atoms with Gasteiger partial charge in [0.2, 0.25) is 0 Å². The molecule has 0 aliphatic carbocycles. The van der Waals surface area contributed by atoms with Crippen LogP contribution in [0.5, 0.6) is 0 Å². The van der Waals surface area contributed by atoms with Gasteiger partial charge in [-0.2, -0.15) is 0 Å². The lowest BCUT2D eigenvalue weighted by molar-refractivity contribution is 0.0759. The Morgan fingerprint density at radius 2 is 1.60 bits per heavy atom. The smallest absolute Gasteiger partial charge is 0.134 e. The topological polar surface area (TPSA) is 68.3 Å². The lowest BCUT2D eigenvalue weighted by Gasteiger charge is -2.14. The van der Waals surface area contributed by atoms with Crippen LogP contribution in [0.1, 0.15) is 24.7 Å². The molecule has 0 aliphatic rings. The fourth-order valence-corrected chi connectivity index (χ4v) is 1.70. The lowest BCUT2D eigenvalue weighted by atomic mass is 10.3. The van der Waals surface area contributed by atoms with Crippen LogP contribution in [0.15, 0.2) is 0 Å². The molecule has 0 fully saturated rings. The third-order valence-electron chi connectivity index (χ3n) is 2.77. The van der Waals surface area contributed by atoms with E-state index in [1.165, 1.54) is 0 Å². The Bertz CT molecular complexity index is 399. The summed E-state index contributed by atoms with van der Waals surface area (Å²) >= 11 is 0. The molecule has 6 nitrogen and oxygen atoms in total. The lowest BCUT2D eigenvalue weighted by Crippen LogP contribution is -2.15. The Labute approximate surface area is 121 Å². The second-order valence-electron chi connectivity index (χ2n) is 4.55. The average molecular weight is 282 g/mol. The first-order valence-electron chi connectivity index (χ1n) is 7.08. The molecule has 1 rings (SSSR count). The summed E-state index contributed by atoms with van der Waals surface area (Å²) in [5.74, 6) is 2.53. The van der Waals surface area contributed by atoms with Crippen molar-refractivity contribution in [2.45, 2.75) is 27.2 Å². The number of rotatable bonds is 10. The van der Waals surface area contributed by atoms with Crippen molar-refractivity contribution in [2.75, 3.05) is 50.7 Å². The van der Waals surface area contributed by atoms with Gasteiger partial charge in [-0.15, -0.1) is 0 Å². The molecule has 0 unspecified atom stereocenters. The number of hydrogen-bond donors (Lipinski definition) is 2. The van der Waals surface area contributed by atoms with E-state index in [9.17, 15) is 0 Å². The Morgan fingerprint density at radius 3 is 2.20 bits per heavy atom. The van der Waals surface area contributed by atoms with Crippen LogP contribution in [0.2, 0.25) is 0 Å². The van der Waals surface area contributed by atoms with Crippen molar-refractivity contribution < 1.29 is 9.47 Å². The Hall–Kier alpha value is -1.40. The van der Waals surface area contributed by atoms with E-state index in [0.717, 1.165) is 36.0 Å². The van der Waals surface area contributed by atoms with Gasteiger partial charge in [0, 0.05) is 25.8 Å². The highest BCUT2D eigenvalue weighted by atomic mass is 16.5. The van der Waals surface area contributed by atoms with E-state index in [2.05, 4.69) is 27.5 Å². The van der Waals surface area contributed by atoms with Crippen LogP contribution in [0.3, 0.4) is 0 Å². The molecule has 0 aliphatic heterocycles. The minimum atomic E-state index is 0.614. The van der Waals surface area contributed by atoms with Gasteiger partial charge in [0.05, 0.1) is 19.8 Å². The molecule has 0 saturated heterocycles. The zero-order chi connectivity index (χ0) is 14.8. The predicted octanol–water partition coefficient (Wildman–Crippen LogP) is 1.99. The number of anilines is 2. The molecular formula is C14H26N4O2. The number of nitrogens with one attached hydrogen (secondary N) is 2. The molecule has 114 valence electrons. The second kappa shape index (κ2) is 9.50. The van der Waals surface area contributed by atoms with Crippen LogP contribution in [-0.4, -0.2) is 50.0 Å². The molecular weight excluding hydrogens is 256 g/mol. The van der Waals surface area contributed by atoms with Crippen molar-refractivity contribution in [1.29, 1.82) is 0 Å². The summed E-state index contributed by atoms with van der Waals surface area (Å²) in [5, 5.41) is 6.61. The highest BCUT2D eigenvalue weighted by Gasteiger charge is 2.08. The van der Waals surface area contributed by atoms with E-state index in [0.29, 0.717) is 26.4 Å². The summed E-state index contributed by atoms with van der Waals surface area (Å²) in [5.41, 5.74) is 1.04. The largest absolute Gasteiger partial charge is 0.382 e. The Kier molecular flexibility index (Phi) is 7.91. The van der Waals surface area contributed by atoms with Crippen molar-refractivity contribution in [1.82, 2.24) is 9.97 Å². The molecule has 0 aromatic carbocycles. The van der Waals surface area contributed by atoms with Crippen LogP contribution in [0.4, 0.5) is 11.6 Å². The molecule has 1 heterocycles. The van der Waals surface area contributed by atoms with Gasteiger partial charge in [-0.1, -0.05) is 6.92 Å². The van der Waals surface area contributed by atoms with Crippen molar-refractivity contribution in [3.8, 4) is 0 Å². The molecule has 1 aromatic heterocycles. The predicted molar refractivity (Wildman–Crippen MR) is 81.5 cm³/mol. The van der Waals surface area contributed by atoms with Gasteiger partial charge >= 0.3 is 0 Å². The molecule has 0 spiro atoms. The maximum atomic E-state index is 5.41. The van der Waals surface area contributed by atoms with Crippen molar-refractivity contribution in [3.63, 3.8) is 0 Å². The normalized spacial score (nSPS) is 10.6. The number of hydrogen-bond acceptors (Lipinski definition) is 6. The summed E-state index contributed by atoms with van der Waals surface area (Å²) in [6, 6.07) is 0. The van der Waals surface area contributed by atoms with Gasteiger partial charge in [0.1, 0.15) is 17.5 Å². The SMILES string of the molecule is CCCNc1nc(C)nc(NCCOCCOC)c1C. The van der Waals surface area contributed by atoms with Gasteiger partial charge in [0.25, 0.3) is 0 Å². The van der Waals surface area contributed by atoms with Crippen molar-refractivity contribution in [3.05, 3.63) is 11.4 Å². The number of aromatic nitrogens is 2. The zero-order valence-electron chi connectivity index (χ0n) is 13.0. The standard InChI is InChI=1S/C14H26N4O2/c1-5-6-15-13-11(2)14(18-12(3)17-13)16-7-8-20-10-9-19-4/h5-10H2,1-4H3,(H2,15,16,17,18). The van der Waals surface area contributed by atoms with Gasteiger partial charge in [-0.25, -0.2) is 9.97 Å². The molecule has 0 amide bonds. The van der Waals surface area contributed by atoms with Crippen LogP contribution in [0.25, 0.3) is 0 Å². The summed E-state index contributed by atoms with van der Waals surface area (Å²) in [6.45, 7) is 9.55. The summed E-state index contributed by atoms with van der Waals surface area (Å²) < 4.78 is 10.3. The third-order valence-corrected chi connectivity index (χ3v) is 2.77. The van der Waals surface area contributed by atoms with Crippen molar-refractivity contribution >= 4 is 11.6 Å².